The number of piperidine rings is 1. The molecule has 0 aliphatic carbocycles. The molecule has 3 aromatic rings. The smallest absolute Gasteiger partial charge is 0.255 e. The fraction of sp³-hybridized carbons (Fsp3) is 0.433. The number of nitrogens with zero attached hydrogens (tertiary/aromatic N) is 5. The van der Waals surface area contributed by atoms with Crippen LogP contribution in [0.4, 0.5) is 10.3 Å². The summed E-state index contributed by atoms with van der Waals surface area (Å²) in [5, 5.41) is 3.13. The molecule has 4 aliphatic heterocycles. The molecule has 3 fully saturated rings. The summed E-state index contributed by atoms with van der Waals surface area (Å²) in [6, 6.07) is 8.04. The monoisotopic (exact) mass is 574 g/mol. The molecular formula is C30H31FN6O5. The Hall–Kier alpha value is -4.16. The third kappa shape index (κ3) is 5.16. The van der Waals surface area contributed by atoms with Crippen LogP contribution in [-0.2, 0) is 27.4 Å². The molecule has 4 aliphatic rings. The van der Waals surface area contributed by atoms with E-state index in [1.807, 2.05) is 17.0 Å². The number of carbonyl (C=O) groups excluding carboxylic acids is 3. The van der Waals surface area contributed by atoms with E-state index in [2.05, 4.69) is 20.2 Å². The fourth-order valence-electron chi connectivity index (χ4n) is 6.22. The number of halogens is 1. The first kappa shape index (κ1) is 26.7. The van der Waals surface area contributed by atoms with Crippen molar-refractivity contribution < 1.29 is 28.2 Å². The van der Waals surface area contributed by atoms with Crippen molar-refractivity contribution >= 4 is 34.6 Å². The zero-order valence-corrected chi connectivity index (χ0v) is 23.1. The van der Waals surface area contributed by atoms with Gasteiger partial charge in [0.05, 0.1) is 18.7 Å². The van der Waals surface area contributed by atoms with E-state index >= 15 is 4.39 Å². The van der Waals surface area contributed by atoms with Gasteiger partial charge in [-0.3, -0.25) is 24.6 Å². The number of morpholine rings is 1. The molecule has 0 bridgehead atoms. The SMILES string of the molecule is O=C1CC[C@H](N2Cc3cc(O[C@H]4CCN(Cc5cc6cnc(N7CCOCC7)nc6cc5F)C4)ccc3C2=O)C(=O)N1. The number of ether oxygens (including phenoxy) is 2. The largest absolute Gasteiger partial charge is 0.489 e. The van der Waals surface area contributed by atoms with Crippen LogP contribution in [-0.4, -0.2) is 89.0 Å². The average molecular weight is 575 g/mol. The summed E-state index contributed by atoms with van der Waals surface area (Å²) in [5.41, 5.74) is 2.53. The van der Waals surface area contributed by atoms with Gasteiger partial charge in [-0.2, -0.15) is 0 Å². The van der Waals surface area contributed by atoms with Crippen molar-refractivity contribution in [3.63, 3.8) is 0 Å². The van der Waals surface area contributed by atoms with Crippen LogP contribution in [0.2, 0.25) is 0 Å². The van der Waals surface area contributed by atoms with Gasteiger partial charge in [-0.25, -0.2) is 14.4 Å². The Kier molecular flexibility index (Phi) is 6.95. The summed E-state index contributed by atoms with van der Waals surface area (Å²) in [4.78, 5) is 51.6. The first-order valence-electron chi connectivity index (χ1n) is 14.4. The predicted octanol–water partition coefficient (Wildman–Crippen LogP) is 2.02. The van der Waals surface area contributed by atoms with Crippen LogP contribution < -0.4 is 15.0 Å². The van der Waals surface area contributed by atoms with E-state index in [1.54, 1.807) is 18.3 Å². The highest BCUT2D eigenvalue weighted by Crippen LogP contribution is 2.31. The second kappa shape index (κ2) is 10.9. The van der Waals surface area contributed by atoms with Crippen LogP contribution in [0.25, 0.3) is 10.9 Å². The molecule has 7 rings (SSSR count). The summed E-state index contributed by atoms with van der Waals surface area (Å²) in [7, 11) is 0. The van der Waals surface area contributed by atoms with Crippen LogP contribution >= 0.6 is 0 Å². The van der Waals surface area contributed by atoms with Gasteiger partial charge in [0.25, 0.3) is 5.91 Å². The van der Waals surface area contributed by atoms with Crippen molar-refractivity contribution in [3.8, 4) is 5.75 Å². The molecule has 5 heterocycles. The maximum absolute atomic E-state index is 15.1. The molecule has 0 saturated carbocycles. The molecule has 3 amide bonds. The number of hydrogen-bond acceptors (Lipinski definition) is 9. The number of amides is 3. The number of nitrogens with one attached hydrogen (secondary N) is 1. The third-order valence-electron chi connectivity index (χ3n) is 8.45. The Morgan fingerprint density at radius 3 is 2.76 bits per heavy atom. The molecule has 0 spiro atoms. The molecule has 1 aromatic heterocycles. The number of likely N-dealkylation sites (tertiary alicyclic amines) is 1. The Morgan fingerprint density at radius 1 is 1.07 bits per heavy atom. The second-order valence-electron chi connectivity index (χ2n) is 11.3. The van der Waals surface area contributed by atoms with Gasteiger partial charge in [0, 0.05) is 74.5 Å². The quantitative estimate of drug-likeness (QED) is 0.442. The van der Waals surface area contributed by atoms with Gasteiger partial charge in [0.2, 0.25) is 17.8 Å². The zero-order chi connectivity index (χ0) is 28.8. The minimum absolute atomic E-state index is 0.0747. The number of fused-ring (bicyclic) bond motifs is 2. The van der Waals surface area contributed by atoms with Gasteiger partial charge in [-0.15, -0.1) is 0 Å². The highest BCUT2D eigenvalue weighted by atomic mass is 19.1. The van der Waals surface area contributed by atoms with Gasteiger partial charge in [-0.1, -0.05) is 0 Å². The average Bonchev–Trinajstić information content (AvgIpc) is 3.56. The van der Waals surface area contributed by atoms with Crippen LogP contribution in [0.5, 0.6) is 5.75 Å². The highest BCUT2D eigenvalue weighted by Gasteiger charge is 2.39. The number of rotatable bonds is 6. The van der Waals surface area contributed by atoms with E-state index in [4.69, 9.17) is 9.47 Å². The molecule has 11 nitrogen and oxygen atoms in total. The molecule has 2 aromatic carbocycles. The van der Waals surface area contributed by atoms with Gasteiger partial charge >= 0.3 is 0 Å². The van der Waals surface area contributed by atoms with Crippen molar-refractivity contribution in [2.45, 2.75) is 44.5 Å². The maximum Gasteiger partial charge on any atom is 0.255 e. The van der Waals surface area contributed by atoms with E-state index in [1.165, 1.54) is 11.0 Å². The summed E-state index contributed by atoms with van der Waals surface area (Å²) in [6.07, 6.45) is 3.02. The van der Waals surface area contributed by atoms with Crippen LogP contribution in [0.1, 0.15) is 40.7 Å². The first-order valence-corrected chi connectivity index (χ1v) is 14.4. The molecule has 12 heteroatoms. The first-order chi connectivity index (χ1) is 20.4. The number of anilines is 1. The summed E-state index contributed by atoms with van der Waals surface area (Å²) >= 11 is 0. The zero-order valence-electron chi connectivity index (χ0n) is 23.1. The van der Waals surface area contributed by atoms with Crippen LogP contribution in [0, 0.1) is 5.82 Å². The number of imide groups is 1. The number of aromatic nitrogens is 2. The van der Waals surface area contributed by atoms with E-state index < -0.39 is 11.9 Å². The van der Waals surface area contributed by atoms with Crippen LogP contribution in [0.3, 0.4) is 0 Å². The molecule has 3 saturated heterocycles. The summed E-state index contributed by atoms with van der Waals surface area (Å²) in [6.45, 7) is 4.85. The standard InChI is InChI=1S/C30H31FN6O5/c31-24-13-25-18(14-32-30(33-25)36-7-9-41-10-8-36)11-20(24)15-35-6-5-22(17-35)42-21-1-2-23-19(12-21)16-37(29(23)40)26-3-4-27(38)34-28(26)39/h1-2,11-14,22,26H,3-10,15-17H2,(H,34,38,39)/t22-,26-/m0/s1. The minimum Gasteiger partial charge on any atom is -0.489 e. The van der Waals surface area contributed by atoms with E-state index in [-0.39, 0.29) is 30.2 Å². The lowest BCUT2D eigenvalue weighted by Crippen LogP contribution is -2.52. The molecule has 1 N–H and O–H groups in total. The molecular weight excluding hydrogens is 543 g/mol. The van der Waals surface area contributed by atoms with Crippen molar-refractivity contribution in [2.24, 2.45) is 0 Å². The Morgan fingerprint density at radius 2 is 1.93 bits per heavy atom. The minimum atomic E-state index is -0.649. The third-order valence-corrected chi connectivity index (χ3v) is 8.45. The van der Waals surface area contributed by atoms with E-state index in [9.17, 15) is 14.4 Å². The lowest BCUT2D eigenvalue weighted by Gasteiger charge is -2.29. The molecule has 0 unspecified atom stereocenters. The summed E-state index contributed by atoms with van der Waals surface area (Å²) < 4.78 is 26.8. The van der Waals surface area contributed by atoms with Gasteiger partial charge < -0.3 is 19.3 Å². The number of carbonyl (C=O) groups is 3. The van der Waals surface area contributed by atoms with E-state index in [0.717, 1.165) is 23.9 Å². The number of hydrogen-bond donors (Lipinski definition) is 1. The van der Waals surface area contributed by atoms with Gasteiger partial charge in [0.15, 0.2) is 0 Å². The molecule has 42 heavy (non-hydrogen) atoms. The van der Waals surface area contributed by atoms with Crippen molar-refractivity contribution in [3.05, 3.63) is 59.0 Å². The summed E-state index contributed by atoms with van der Waals surface area (Å²) in [5.74, 6) is 0.0153. The van der Waals surface area contributed by atoms with Crippen molar-refractivity contribution in [2.75, 3.05) is 44.3 Å². The van der Waals surface area contributed by atoms with Crippen LogP contribution in [0.15, 0.2) is 36.5 Å². The molecule has 0 radical (unpaired) electrons. The Labute approximate surface area is 241 Å². The highest BCUT2D eigenvalue weighted by molar-refractivity contribution is 6.05. The molecule has 218 valence electrons. The Balaban J connectivity index is 0.979. The lowest BCUT2D eigenvalue weighted by atomic mass is 10.0. The Bertz CT molecular complexity index is 1580. The van der Waals surface area contributed by atoms with Crippen molar-refractivity contribution in [1.29, 1.82) is 0 Å². The van der Waals surface area contributed by atoms with Gasteiger partial charge in [-0.05, 0) is 42.7 Å². The van der Waals surface area contributed by atoms with Gasteiger partial charge in [0.1, 0.15) is 23.7 Å². The normalized spacial score (nSPS) is 23.0. The molecule has 2 atom stereocenters. The lowest BCUT2D eigenvalue weighted by molar-refractivity contribution is -0.136. The van der Waals surface area contributed by atoms with E-state index in [0.29, 0.717) is 80.7 Å². The number of benzene rings is 2. The fourth-order valence-corrected chi connectivity index (χ4v) is 6.22. The van der Waals surface area contributed by atoms with Crippen molar-refractivity contribution in [1.82, 2.24) is 25.1 Å². The topological polar surface area (TPSA) is 117 Å². The second-order valence-corrected chi connectivity index (χ2v) is 11.3. The maximum atomic E-state index is 15.1. The predicted molar refractivity (Wildman–Crippen MR) is 149 cm³/mol.